The highest BCUT2D eigenvalue weighted by molar-refractivity contribution is 7.90. The van der Waals surface area contributed by atoms with Gasteiger partial charge in [0, 0.05) is 31.0 Å². The van der Waals surface area contributed by atoms with Crippen molar-refractivity contribution in [1.29, 1.82) is 0 Å². The van der Waals surface area contributed by atoms with E-state index in [9.17, 15) is 22.0 Å². The predicted molar refractivity (Wildman–Crippen MR) is 84.3 cm³/mol. The lowest BCUT2D eigenvalue weighted by atomic mass is 10.3. The molecule has 0 amide bonds. The number of rotatable bonds is 3. The molecule has 0 aliphatic heterocycles. The molecule has 0 bridgehead atoms. The molecule has 3 rings (SSSR count). The Bertz CT molecular complexity index is 1160. The first-order valence-corrected chi connectivity index (χ1v) is 8.75. The molecule has 0 fully saturated rings. The summed E-state index contributed by atoms with van der Waals surface area (Å²) in [6.07, 6.45) is 2.16. The van der Waals surface area contributed by atoms with Gasteiger partial charge in [0.25, 0.3) is 5.56 Å². The molecule has 0 saturated heterocycles. The molecule has 0 saturated carbocycles. The standard InChI is InChI=1S/C15H11F2N3O4S/c1-20-13-8(7-18-15(19-13)25(2,22)23)5-12(14(20)21)24-11-4-3-9(16)6-10(11)17/h3-7H,1-2H3. The quantitative estimate of drug-likeness (QED) is 0.656. The number of pyridine rings is 1. The fourth-order valence-electron chi connectivity index (χ4n) is 2.13. The van der Waals surface area contributed by atoms with Gasteiger partial charge in [-0.3, -0.25) is 9.36 Å². The maximum atomic E-state index is 13.7. The third-order valence-corrected chi connectivity index (χ3v) is 4.20. The van der Waals surface area contributed by atoms with Gasteiger partial charge in [0.15, 0.2) is 17.3 Å². The number of fused-ring (bicyclic) bond motifs is 1. The van der Waals surface area contributed by atoms with E-state index in [2.05, 4.69) is 9.97 Å². The van der Waals surface area contributed by atoms with E-state index in [1.165, 1.54) is 19.3 Å². The molecule has 0 spiro atoms. The van der Waals surface area contributed by atoms with E-state index in [1.807, 2.05) is 0 Å². The minimum absolute atomic E-state index is 0.0763. The molecule has 25 heavy (non-hydrogen) atoms. The zero-order valence-electron chi connectivity index (χ0n) is 13.0. The van der Waals surface area contributed by atoms with Gasteiger partial charge in [0.05, 0.1) is 0 Å². The second kappa shape index (κ2) is 5.88. The minimum atomic E-state index is -3.65. The first-order valence-electron chi connectivity index (χ1n) is 6.86. The smallest absolute Gasteiger partial charge is 0.294 e. The van der Waals surface area contributed by atoms with Crippen LogP contribution in [0.1, 0.15) is 0 Å². The largest absolute Gasteiger partial charge is 0.448 e. The number of ether oxygens (including phenoxy) is 1. The zero-order chi connectivity index (χ0) is 18.4. The van der Waals surface area contributed by atoms with Crippen LogP contribution in [-0.4, -0.2) is 29.2 Å². The Morgan fingerprint density at radius 3 is 2.52 bits per heavy atom. The van der Waals surface area contributed by atoms with E-state index < -0.39 is 32.2 Å². The summed E-state index contributed by atoms with van der Waals surface area (Å²) in [5.74, 6) is -2.31. The van der Waals surface area contributed by atoms with Crippen molar-refractivity contribution in [2.75, 3.05) is 6.26 Å². The average Bonchev–Trinajstić information content (AvgIpc) is 2.53. The normalized spacial score (nSPS) is 11.7. The molecule has 2 aromatic heterocycles. The minimum Gasteiger partial charge on any atom is -0.448 e. The number of nitrogens with zero attached hydrogens (tertiary/aromatic N) is 3. The molecule has 0 radical (unpaired) electrons. The van der Waals surface area contributed by atoms with Crippen LogP contribution in [0.5, 0.6) is 11.5 Å². The van der Waals surface area contributed by atoms with Crippen LogP contribution in [0.3, 0.4) is 0 Å². The Kier molecular flexibility index (Phi) is 3.99. The summed E-state index contributed by atoms with van der Waals surface area (Å²) in [5, 5.41) is -0.111. The molecule has 1 aromatic carbocycles. The third kappa shape index (κ3) is 3.20. The van der Waals surface area contributed by atoms with Crippen molar-refractivity contribution < 1.29 is 21.9 Å². The number of benzene rings is 1. The molecular weight excluding hydrogens is 356 g/mol. The highest BCUT2D eigenvalue weighted by Crippen LogP contribution is 2.24. The van der Waals surface area contributed by atoms with Crippen LogP contribution in [-0.2, 0) is 16.9 Å². The molecule has 0 aliphatic carbocycles. The summed E-state index contributed by atoms with van der Waals surface area (Å²) in [7, 11) is -2.29. The van der Waals surface area contributed by atoms with Crippen LogP contribution < -0.4 is 10.3 Å². The summed E-state index contributed by atoms with van der Waals surface area (Å²) in [4.78, 5) is 20.0. The summed E-state index contributed by atoms with van der Waals surface area (Å²) >= 11 is 0. The lowest BCUT2D eigenvalue weighted by Gasteiger charge is -2.10. The van der Waals surface area contributed by atoms with Gasteiger partial charge in [-0.1, -0.05) is 0 Å². The van der Waals surface area contributed by atoms with Crippen LogP contribution in [0.25, 0.3) is 11.0 Å². The Hall–Kier alpha value is -2.88. The number of halogens is 2. The van der Waals surface area contributed by atoms with Gasteiger partial charge >= 0.3 is 0 Å². The molecular formula is C15H11F2N3O4S. The second-order valence-corrected chi connectivity index (χ2v) is 7.16. The highest BCUT2D eigenvalue weighted by atomic mass is 32.2. The van der Waals surface area contributed by atoms with Crippen molar-refractivity contribution >= 4 is 20.9 Å². The van der Waals surface area contributed by atoms with Crippen molar-refractivity contribution in [1.82, 2.24) is 14.5 Å². The Balaban J connectivity index is 2.15. The molecule has 130 valence electrons. The van der Waals surface area contributed by atoms with E-state index >= 15 is 0 Å². The van der Waals surface area contributed by atoms with Crippen molar-refractivity contribution in [3.63, 3.8) is 0 Å². The lowest BCUT2D eigenvalue weighted by Crippen LogP contribution is -2.20. The molecule has 2 heterocycles. The van der Waals surface area contributed by atoms with Crippen molar-refractivity contribution in [2.45, 2.75) is 5.16 Å². The van der Waals surface area contributed by atoms with E-state index in [-0.39, 0.29) is 17.1 Å². The molecule has 0 unspecified atom stereocenters. The topological polar surface area (TPSA) is 91.2 Å². The van der Waals surface area contributed by atoms with Gasteiger partial charge < -0.3 is 4.74 Å². The van der Waals surface area contributed by atoms with Gasteiger partial charge in [-0.15, -0.1) is 0 Å². The molecule has 3 aromatic rings. The van der Waals surface area contributed by atoms with Crippen LogP contribution in [0.15, 0.2) is 40.4 Å². The predicted octanol–water partition coefficient (Wildman–Crippen LogP) is 1.80. The van der Waals surface area contributed by atoms with Gasteiger partial charge in [0.1, 0.15) is 11.5 Å². The summed E-state index contributed by atoms with van der Waals surface area (Å²) < 4.78 is 56.0. The summed E-state index contributed by atoms with van der Waals surface area (Å²) in [5.41, 5.74) is -0.596. The van der Waals surface area contributed by atoms with Crippen LogP contribution >= 0.6 is 0 Å². The highest BCUT2D eigenvalue weighted by Gasteiger charge is 2.16. The molecule has 0 aliphatic rings. The average molecular weight is 367 g/mol. The van der Waals surface area contributed by atoms with Crippen molar-refractivity contribution in [2.24, 2.45) is 7.05 Å². The first kappa shape index (κ1) is 17.0. The Morgan fingerprint density at radius 2 is 1.88 bits per heavy atom. The van der Waals surface area contributed by atoms with Gasteiger partial charge in [-0.05, 0) is 18.2 Å². The number of sulfone groups is 1. The summed E-state index contributed by atoms with van der Waals surface area (Å²) in [6.45, 7) is 0. The molecule has 0 atom stereocenters. The Labute approximate surface area is 140 Å². The number of aromatic nitrogens is 3. The SMILES string of the molecule is Cn1c(=O)c(Oc2ccc(F)cc2F)cc2cnc(S(C)(=O)=O)nc21. The number of hydrogen-bond donors (Lipinski definition) is 0. The molecule has 7 nitrogen and oxygen atoms in total. The van der Waals surface area contributed by atoms with E-state index in [0.29, 0.717) is 11.5 Å². The zero-order valence-corrected chi connectivity index (χ0v) is 13.8. The second-order valence-electron chi connectivity index (χ2n) is 5.25. The van der Waals surface area contributed by atoms with Crippen LogP contribution in [0.4, 0.5) is 8.78 Å². The maximum Gasteiger partial charge on any atom is 0.294 e. The van der Waals surface area contributed by atoms with Crippen molar-refractivity contribution in [3.05, 3.63) is 52.5 Å². The summed E-state index contributed by atoms with van der Waals surface area (Å²) in [6, 6.07) is 3.93. The fourth-order valence-corrected chi connectivity index (χ4v) is 2.63. The van der Waals surface area contributed by atoms with Crippen molar-refractivity contribution in [3.8, 4) is 11.5 Å². The van der Waals surface area contributed by atoms with E-state index in [1.54, 1.807) is 0 Å². The lowest BCUT2D eigenvalue weighted by molar-refractivity contribution is 0.430. The fraction of sp³-hybridized carbons (Fsp3) is 0.133. The monoisotopic (exact) mass is 367 g/mol. The van der Waals surface area contributed by atoms with Crippen LogP contribution in [0, 0.1) is 11.6 Å². The Morgan fingerprint density at radius 1 is 1.16 bits per heavy atom. The van der Waals surface area contributed by atoms with Crippen LogP contribution in [0.2, 0.25) is 0 Å². The molecule has 10 heteroatoms. The number of aryl methyl sites for hydroxylation is 1. The molecule has 0 N–H and O–H groups in total. The third-order valence-electron chi connectivity index (χ3n) is 3.34. The maximum absolute atomic E-state index is 13.7. The van der Waals surface area contributed by atoms with Gasteiger partial charge in [0.2, 0.25) is 15.0 Å². The van der Waals surface area contributed by atoms with E-state index in [4.69, 9.17) is 4.74 Å². The number of hydrogen-bond acceptors (Lipinski definition) is 6. The van der Waals surface area contributed by atoms with Gasteiger partial charge in [-0.25, -0.2) is 22.2 Å². The first-order chi connectivity index (χ1) is 11.7. The van der Waals surface area contributed by atoms with Gasteiger partial charge in [-0.2, -0.15) is 4.98 Å². The van der Waals surface area contributed by atoms with E-state index in [0.717, 1.165) is 23.0 Å².